The van der Waals surface area contributed by atoms with Gasteiger partial charge in [-0.2, -0.15) is 18.3 Å². The van der Waals surface area contributed by atoms with Crippen molar-refractivity contribution in [3.63, 3.8) is 0 Å². The Morgan fingerprint density at radius 2 is 1.82 bits per heavy atom. The van der Waals surface area contributed by atoms with E-state index in [4.69, 9.17) is 0 Å². The fraction of sp³-hybridized carbons (Fsp3) is 0.130. The second-order valence-corrected chi connectivity index (χ2v) is 7.52. The summed E-state index contributed by atoms with van der Waals surface area (Å²) < 4.78 is 39.3. The van der Waals surface area contributed by atoms with Crippen LogP contribution >= 0.6 is 0 Å². The number of aromatic nitrogens is 2. The molecule has 1 aromatic heterocycles. The van der Waals surface area contributed by atoms with Gasteiger partial charge < -0.3 is 10.2 Å². The number of halogens is 3. The molecule has 11 heteroatoms. The molecule has 8 nitrogen and oxygen atoms in total. The number of aromatic hydroxyl groups is 1. The van der Waals surface area contributed by atoms with Crippen molar-refractivity contribution in [1.29, 1.82) is 0 Å². The van der Waals surface area contributed by atoms with E-state index in [9.17, 15) is 33.0 Å². The van der Waals surface area contributed by atoms with Crippen LogP contribution in [-0.4, -0.2) is 31.5 Å². The van der Waals surface area contributed by atoms with Gasteiger partial charge in [-0.3, -0.25) is 9.89 Å². The number of allylic oxidation sites excluding steroid dienone is 2. The summed E-state index contributed by atoms with van der Waals surface area (Å²) in [6, 6.07) is 10.4. The number of nitrogens with zero attached hydrogens (tertiary/aromatic N) is 3. The third kappa shape index (κ3) is 4.27. The highest BCUT2D eigenvalue weighted by molar-refractivity contribution is 5.88. The fourth-order valence-corrected chi connectivity index (χ4v) is 3.49. The number of phenolic OH excluding ortho intramolecular Hbond substituents is 1. The van der Waals surface area contributed by atoms with Crippen molar-refractivity contribution in [3.8, 4) is 11.4 Å². The topological polar surface area (TPSA) is 120 Å². The van der Waals surface area contributed by atoms with E-state index < -0.39 is 28.8 Å². The van der Waals surface area contributed by atoms with E-state index in [0.29, 0.717) is 11.1 Å². The van der Waals surface area contributed by atoms with Gasteiger partial charge in [-0.1, -0.05) is 30.4 Å². The molecule has 0 bridgehead atoms. The zero-order valence-corrected chi connectivity index (χ0v) is 17.3. The largest absolute Gasteiger partial charge is 0.507 e. The van der Waals surface area contributed by atoms with Gasteiger partial charge in [0, 0.05) is 12.0 Å². The van der Waals surface area contributed by atoms with Crippen LogP contribution in [0, 0.1) is 0 Å². The maximum Gasteiger partial charge on any atom is 0.416 e. The number of nitrogens with one attached hydrogen (secondary N) is 1. The monoisotopic (exact) mass is 470 g/mol. The molecule has 1 atom stereocenters. The quantitative estimate of drug-likeness (QED) is 0.462. The fourth-order valence-electron chi connectivity index (χ4n) is 3.49. The average molecular weight is 470 g/mol. The number of azo groups is 1. The highest BCUT2D eigenvalue weighted by Gasteiger charge is 2.39. The molecular formula is C23H17F3N4O4. The Bertz CT molecular complexity index is 1380. The molecule has 0 fully saturated rings. The Kier molecular flexibility index (Phi) is 5.70. The summed E-state index contributed by atoms with van der Waals surface area (Å²) in [7, 11) is 0. The molecule has 3 aromatic rings. The number of carboxylic acid groups (broad SMARTS) is 1. The van der Waals surface area contributed by atoms with Crippen molar-refractivity contribution in [2.45, 2.75) is 18.1 Å². The number of para-hydroxylation sites is 1. The maximum atomic E-state index is 12.8. The van der Waals surface area contributed by atoms with Crippen LogP contribution in [0.3, 0.4) is 0 Å². The molecule has 0 radical (unpaired) electrons. The molecule has 0 spiro atoms. The summed E-state index contributed by atoms with van der Waals surface area (Å²) in [4.78, 5) is 24.8. The van der Waals surface area contributed by atoms with Gasteiger partial charge in [0.05, 0.1) is 17.4 Å². The summed E-state index contributed by atoms with van der Waals surface area (Å²) in [6.07, 6.45) is 0.989. The molecule has 0 saturated heterocycles. The normalized spacial score (nSPS) is 18.3. The van der Waals surface area contributed by atoms with Crippen LogP contribution in [0.4, 0.5) is 18.9 Å². The van der Waals surface area contributed by atoms with Crippen LogP contribution in [0.5, 0.6) is 5.75 Å². The molecule has 1 heterocycles. The lowest BCUT2D eigenvalue weighted by molar-refractivity contribution is -0.141. The predicted molar refractivity (Wildman–Crippen MR) is 116 cm³/mol. The standard InChI is InChI=1S/C23H17F3N4O4/c24-23(25,26)15-7-9-16(10-8-15)30-20(32)18(13-27-30)28-29-22(21(33)34)11-3-4-14(12-22)17-5-1-2-6-19(17)31/h1-11,13,27,31H,12H2,(H,33,34). The zero-order chi connectivity index (χ0) is 24.5. The molecule has 34 heavy (non-hydrogen) atoms. The second-order valence-electron chi connectivity index (χ2n) is 7.52. The van der Waals surface area contributed by atoms with Crippen LogP contribution in [0.25, 0.3) is 11.3 Å². The molecule has 1 unspecified atom stereocenters. The number of H-pyrrole nitrogens is 1. The van der Waals surface area contributed by atoms with E-state index >= 15 is 0 Å². The van der Waals surface area contributed by atoms with Crippen molar-refractivity contribution in [1.82, 2.24) is 9.78 Å². The minimum Gasteiger partial charge on any atom is -0.507 e. The molecule has 3 N–H and O–H groups in total. The SMILES string of the molecule is O=C(O)C1(N=Nc2c[nH]n(-c3ccc(C(F)(F)F)cc3)c2=O)C=CC=C(c2ccccc2O)C1. The molecule has 1 aliphatic carbocycles. The molecule has 1 aliphatic rings. The molecule has 0 amide bonds. The Morgan fingerprint density at radius 1 is 1.12 bits per heavy atom. The number of hydrogen-bond donors (Lipinski definition) is 3. The average Bonchev–Trinajstić information content (AvgIpc) is 3.18. The van der Waals surface area contributed by atoms with Gasteiger partial charge in [0.1, 0.15) is 5.75 Å². The lowest BCUT2D eigenvalue weighted by atomic mass is 9.84. The molecule has 2 aromatic carbocycles. The van der Waals surface area contributed by atoms with Crippen LogP contribution in [-0.2, 0) is 11.0 Å². The lowest BCUT2D eigenvalue weighted by Gasteiger charge is -2.24. The van der Waals surface area contributed by atoms with Crippen LogP contribution in [0.1, 0.15) is 17.5 Å². The third-order valence-electron chi connectivity index (χ3n) is 5.29. The van der Waals surface area contributed by atoms with Gasteiger partial charge in [-0.25, -0.2) is 9.48 Å². The maximum absolute atomic E-state index is 12.8. The summed E-state index contributed by atoms with van der Waals surface area (Å²) in [5.41, 5.74) is -2.55. The minimum absolute atomic E-state index is 0.0228. The first-order chi connectivity index (χ1) is 16.1. The predicted octanol–water partition coefficient (Wildman–Crippen LogP) is 4.84. The van der Waals surface area contributed by atoms with Crippen LogP contribution < -0.4 is 5.56 Å². The first kappa shape index (κ1) is 22.8. The summed E-state index contributed by atoms with van der Waals surface area (Å²) >= 11 is 0. The van der Waals surface area contributed by atoms with Crippen molar-refractivity contribution in [3.05, 3.63) is 94.4 Å². The first-order valence-electron chi connectivity index (χ1n) is 9.92. The zero-order valence-electron chi connectivity index (χ0n) is 17.3. The van der Waals surface area contributed by atoms with Crippen LogP contribution in [0.2, 0.25) is 0 Å². The summed E-state index contributed by atoms with van der Waals surface area (Å²) in [6.45, 7) is 0. The van der Waals surface area contributed by atoms with E-state index in [1.807, 2.05) is 0 Å². The highest BCUT2D eigenvalue weighted by atomic mass is 19.4. The van der Waals surface area contributed by atoms with Gasteiger partial charge in [0.2, 0.25) is 5.54 Å². The van der Waals surface area contributed by atoms with E-state index in [1.54, 1.807) is 24.3 Å². The third-order valence-corrected chi connectivity index (χ3v) is 5.29. The van der Waals surface area contributed by atoms with E-state index in [1.165, 1.54) is 24.4 Å². The van der Waals surface area contributed by atoms with Gasteiger partial charge >= 0.3 is 12.1 Å². The number of hydrogen-bond acceptors (Lipinski definition) is 5. The van der Waals surface area contributed by atoms with Crippen LogP contribution in [0.15, 0.2) is 88.0 Å². The number of rotatable bonds is 5. The first-order valence-corrected chi connectivity index (χ1v) is 9.92. The number of carboxylic acids is 1. The number of carbonyl (C=O) groups is 1. The molecule has 0 aliphatic heterocycles. The Hall–Kier alpha value is -4.41. The highest BCUT2D eigenvalue weighted by Crippen LogP contribution is 2.37. The summed E-state index contributed by atoms with van der Waals surface area (Å²) in [5, 5.41) is 30.3. The molecule has 0 saturated carbocycles. The van der Waals surface area contributed by atoms with Gasteiger partial charge in [-0.15, -0.1) is 5.11 Å². The van der Waals surface area contributed by atoms with Gasteiger partial charge in [0.25, 0.3) is 5.56 Å². The number of aliphatic carboxylic acids is 1. The molecule has 174 valence electrons. The smallest absolute Gasteiger partial charge is 0.416 e. The van der Waals surface area contributed by atoms with Crippen molar-refractivity contribution in [2.24, 2.45) is 10.2 Å². The Balaban J connectivity index is 1.63. The molecular weight excluding hydrogens is 453 g/mol. The van der Waals surface area contributed by atoms with Gasteiger partial charge in [0.15, 0.2) is 5.69 Å². The van der Waals surface area contributed by atoms with E-state index in [-0.39, 0.29) is 23.5 Å². The van der Waals surface area contributed by atoms with Crippen molar-refractivity contribution >= 4 is 17.2 Å². The number of aromatic amines is 1. The molecule has 4 rings (SSSR count). The minimum atomic E-state index is -4.51. The number of alkyl halides is 3. The number of benzene rings is 2. The Morgan fingerprint density at radius 3 is 2.47 bits per heavy atom. The summed E-state index contributed by atoms with van der Waals surface area (Å²) in [5.74, 6) is -1.34. The Labute approximate surface area is 190 Å². The van der Waals surface area contributed by atoms with Crippen molar-refractivity contribution in [2.75, 3.05) is 0 Å². The second kappa shape index (κ2) is 8.50. The van der Waals surface area contributed by atoms with Gasteiger partial charge in [-0.05, 0) is 42.0 Å². The van der Waals surface area contributed by atoms with Crippen molar-refractivity contribution < 1.29 is 28.2 Å². The number of phenols is 1. The van der Waals surface area contributed by atoms with E-state index in [2.05, 4.69) is 15.3 Å². The lowest BCUT2D eigenvalue weighted by Crippen LogP contribution is -2.35. The van der Waals surface area contributed by atoms with E-state index in [0.717, 1.165) is 28.9 Å².